The molecule has 1 fully saturated rings. The van der Waals surface area contributed by atoms with Gasteiger partial charge < -0.3 is 5.32 Å². The molecule has 5 nitrogen and oxygen atoms in total. The standard InChI is InChI=1S/C12H18N2O3S2/c13-19(16,17)11-7-9(8-18-11)12(15)14-10-5-3-1-2-4-6-10/h7-8,10H,1-6H2,(H,14,15)(H2,13,16,17). The molecule has 1 heterocycles. The number of rotatable bonds is 3. The van der Waals surface area contributed by atoms with Crippen LogP contribution in [0.5, 0.6) is 0 Å². The van der Waals surface area contributed by atoms with Gasteiger partial charge in [-0.05, 0) is 18.9 Å². The van der Waals surface area contributed by atoms with E-state index in [1.165, 1.54) is 24.3 Å². The van der Waals surface area contributed by atoms with Crippen molar-refractivity contribution < 1.29 is 13.2 Å². The summed E-state index contributed by atoms with van der Waals surface area (Å²) in [6.07, 6.45) is 6.71. The normalized spacial score (nSPS) is 17.9. The van der Waals surface area contributed by atoms with Crippen molar-refractivity contribution in [2.75, 3.05) is 0 Å². The summed E-state index contributed by atoms with van der Waals surface area (Å²) in [5.41, 5.74) is 0.373. The number of hydrogen-bond acceptors (Lipinski definition) is 4. The van der Waals surface area contributed by atoms with Crippen molar-refractivity contribution >= 4 is 27.3 Å². The fraction of sp³-hybridized carbons (Fsp3) is 0.583. The quantitative estimate of drug-likeness (QED) is 0.835. The zero-order valence-electron chi connectivity index (χ0n) is 10.6. The maximum absolute atomic E-state index is 12.0. The molecule has 1 aliphatic rings. The Morgan fingerprint density at radius 3 is 2.42 bits per heavy atom. The highest BCUT2D eigenvalue weighted by Gasteiger charge is 2.18. The van der Waals surface area contributed by atoms with Gasteiger partial charge in [0.25, 0.3) is 5.91 Å². The van der Waals surface area contributed by atoms with Crippen LogP contribution in [0.4, 0.5) is 0 Å². The van der Waals surface area contributed by atoms with E-state index in [1.54, 1.807) is 0 Å². The van der Waals surface area contributed by atoms with Crippen molar-refractivity contribution in [2.45, 2.75) is 48.8 Å². The zero-order chi connectivity index (χ0) is 13.9. The number of carbonyl (C=O) groups is 1. The van der Waals surface area contributed by atoms with E-state index < -0.39 is 10.0 Å². The number of carbonyl (C=O) groups excluding carboxylic acids is 1. The Morgan fingerprint density at radius 2 is 1.89 bits per heavy atom. The summed E-state index contributed by atoms with van der Waals surface area (Å²) in [6.45, 7) is 0. The molecule has 1 saturated carbocycles. The highest BCUT2D eigenvalue weighted by atomic mass is 32.2. The minimum Gasteiger partial charge on any atom is -0.349 e. The lowest BCUT2D eigenvalue weighted by Crippen LogP contribution is -2.34. The first-order chi connectivity index (χ1) is 8.97. The van der Waals surface area contributed by atoms with Gasteiger partial charge in [-0.1, -0.05) is 25.7 Å². The molecule has 1 aromatic rings. The molecule has 0 bridgehead atoms. The number of sulfonamides is 1. The van der Waals surface area contributed by atoms with Gasteiger partial charge >= 0.3 is 0 Å². The van der Waals surface area contributed by atoms with E-state index in [-0.39, 0.29) is 16.2 Å². The van der Waals surface area contributed by atoms with Crippen molar-refractivity contribution in [1.82, 2.24) is 5.32 Å². The van der Waals surface area contributed by atoms with Crippen LogP contribution in [0.3, 0.4) is 0 Å². The monoisotopic (exact) mass is 302 g/mol. The second-order valence-corrected chi connectivity index (χ2v) is 7.56. The summed E-state index contributed by atoms with van der Waals surface area (Å²) in [4.78, 5) is 12.0. The lowest BCUT2D eigenvalue weighted by atomic mass is 10.1. The van der Waals surface area contributed by atoms with Gasteiger partial charge in [0.05, 0.1) is 5.56 Å². The summed E-state index contributed by atoms with van der Waals surface area (Å²) < 4.78 is 22.3. The maximum atomic E-state index is 12.0. The fourth-order valence-electron chi connectivity index (χ4n) is 2.28. The molecule has 0 aliphatic heterocycles. The van der Waals surface area contributed by atoms with E-state index >= 15 is 0 Å². The van der Waals surface area contributed by atoms with Gasteiger partial charge in [-0.25, -0.2) is 13.6 Å². The molecule has 0 radical (unpaired) electrons. The molecular formula is C12H18N2O3S2. The predicted octanol–water partition coefficient (Wildman–Crippen LogP) is 1.85. The van der Waals surface area contributed by atoms with Crippen molar-refractivity contribution in [3.63, 3.8) is 0 Å². The Hall–Kier alpha value is -0.920. The maximum Gasteiger partial charge on any atom is 0.252 e. The Kier molecular flexibility index (Phi) is 4.59. The Balaban J connectivity index is 2.01. The van der Waals surface area contributed by atoms with Crippen LogP contribution in [0.25, 0.3) is 0 Å². The zero-order valence-corrected chi connectivity index (χ0v) is 12.2. The van der Waals surface area contributed by atoms with Crippen LogP contribution < -0.4 is 10.5 Å². The second-order valence-electron chi connectivity index (χ2n) is 4.86. The average Bonchev–Trinajstić information content (AvgIpc) is 2.70. The van der Waals surface area contributed by atoms with Gasteiger partial charge in [0, 0.05) is 11.4 Å². The van der Waals surface area contributed by atoms with E-state index in [4.69, 9.17) is 5.14 Å². The third-order valence-electron chi connectivity index (χ3n) is 3.31. The van der Waals surface area contributed by atoms with Crippen molar-refractivity contribution in [3.05, 3.63) is 17.0 Å². The number of hydrogen-bond donors (Lipinski definition) is 2. The molecule has 2 rings (SSSR count). The van der Waals surface area contributed by atoms with E-state index in [1.807, 2.05) is 0 Å². The van der Waals surface area contributed by atoms with Gasteiger partial charge in [-0.15, -0.1) is 11.3 Å². The first-order valence-corrected chi connectivity index (χ1v) is 8.81. The predicted molar refractivity (Wildman–Crippen MR) is 74.6 cm³/mol. The molecule has 0 saturated heterocycles. The van der Waals surface area contributed by atoms with Crippen LogP contribution in [0.2, 0.25) is 0 Å². The van der Waals surface area contributed by atoms with Crippen LogP contribution >= 0.6 is 11.3 Å². The molecule has 106 valence electrons. The summed E-state index contributed by atoms with van der Waals surface area (Å²) >= 11 is 0.977. The van der Waals surface area contributed by atoms with Crippen LogP contribution in [-0.4, -0.2) is 20.4 Å². The van der Waals surface area contributed by atoms with Gasteiger partial charge in [0.2, 0.25) is 10.0 Å². The lowest BCUT2D eigenvalue weighted by Gasteiger charge is -2.15. The number of amides is 1. The van der Waals surface area contributed by atoms with E-state index in [0.29, 0.717) is 5.56 Å². The van der Waals surface area contributed by atoms with E-state index in [2.05, 4.69) is 5.32 Å². The highest BCUT2D eigenvalue weighted by Crippen LogP contribution is 2.21. The Labute approximate surface area is 117 Å². The topological polar surface area (TPSA) is 89.3 Å². The smallest absolute Gasteiger partial charge is 0.252 e. The molecule has 1 amide bonds. The molecule has 0 atom stereocenters. The Morgan fingerprint density at radius 1 is 1.26 bits per heavy atom. The molecule has 7 heteroatoms. The third-order valence-corrected chi connectivity index (χ3v) is 5.69. The minimum absolute atomic E-state index is 0.0264. The largest absolute Gasteiger partial charge is 0.349 e. The van der Waals surface area contributed by atoms with E-state index in [9.17, 15) is 13.2 Å². The van der Waals surface area contributed by atoms with Gasteiger partial charge in [0.15, 0.2) is 0 Å². The van der Waals surface area contributed by atoms with Crippen LogP contribution in [0.1, 0.15) is 48.9 Å². The molecule has 0 unspecified atom stereocenters. The molecule has 0 aromatic carbocycles. The molecule has 1 aromatic heterocycles. The number of thiophene rings is 1. The number of primary sulfonamides is 1. The highest BCUT2D eigenvalue weighted by molar-refractivity contribution is 7.91. The van der Waals surface area contributed by atoms with Gasteiger partial charge in [-0.3, -0.25) is 4.79 Å². The molecule has 0 spiro atoms. The van der Waals surface area contributed by atoms with Crippen molar-refractivity contribution in [3.8, 4) is 0 Å². The summed E-state index contributed by atoms with van der Waals surface area (Å²) in [5.74, 6) is -0.210. The fourth-order valence-corrected chi connectivity index (χ4v) is 3.86. The van der Waals surface area contributed by atoms with E-state index in [0.717, 1.165) is 37.0 Å². The van der Waals surface area contributed by atoms with Gasteiger partial charge in [0.1, 0.15) is 4.21 Å². The molecule has 1 aliphatic carbocycles. The SMILES string of the molecule is NS(=O)(=O)c1cc(C(=O)NC2CCCCCC2)cs1. The van der Waals surface area contributed by atoms with Crippen LogP contribution in [0.15, 0.2) is 15.7 Å². The number of nitrogens with two attached hydrogens (primary N) is 1. The second kappa shape index (κ2) is 6.02. The van der Waals surface area contributed by atoms with Crippen LogP contribution in [0, 0.1) is 0 Å². The number of nitrogens with one attached hydrogen (secondary N) is 1. The Bertz CT molecular complexity index is 543. The molecule has 3 N–H and O–H groups in total. The van der Waals surface area contributed by atoms with Crippen LogP contribution in [-0.2, 0) is 10.0 Å². The third kappa shape index (κ3) is 4.02. The first-order valence-electron chi connectivity index (χ1n) is 6.39. The molecule has 19 heavy (non-hydrogen) atoms. The summed E-state index contributed by atoms with van der Waals surface area (Å²) in [5, 5.41) is 9.53. The van der Waals surface area contributed by atoms with Crippen molar-refractivity contribution in [1.29, 1.82) is 0 Å². The first kappa shape index (κ1) is 14.5. The minimum atomic E-state index is -3.72. The van der Waals surface area contributed by atoms with Gasteiger partial charge in [-0.2, -0.15) is 0 Å². The molecular weight excluding hydrogens is 284 g/mol. The average molecular weight is 302 g/mol. The van der Waals surface area contributed by atoms with Crippen molar-refractivity contribution in [2.24, 2.45) is 5.14 Å². The summed E-state index contributed by atoms with van der Waals surface area (Å²) in [6, 6.07) is 1.54. The lowest BCUT2D eigenvalue weighted by molar-refractivity contribution is 0.0933. The summed E-state index contributed by atoms with van der Waals surface area (Å²) in [7, 11) is -3.72.